The first-order valence-corrected chi connectivity index (χ1v) is 16.0. The predicted molar refractivity (Wildman–Crippen MR) is 160 cm³/mol. The minimum absolute atomic E-state index is 0.0101. The second-order valence-electron chi connectivity index (χ2n) is 12.2. The fourth-order valence-corrected chi connectivity index (χ4v) is 6.22. The van der Waals surface area contributed by atoms with Crippen molar-refractivity contribution in [2.75, 3.05) is 6.54 Å². The third kappa shape index (κ3) is 10.3. The molecule has 1 aromatic rings. The molecule has 7 atom stereocenters. The number of nitrogens with one attached hydrogen (secondary N) is 1. The van der Waals surface area contributed by atoms with E-state index in [0.717, 1.165) is 48.4 Å². The van der Waals surface area contributed by atoms with Crippen LogP contribution in [-0.2, 0) is 23.9 Å². The number of unbranched alkanes of at least 4 members (excludes halogenated alkanes) is 2. The summed E-state index contributed by atoms with van der Waals surface area (Å²) in [5.41, 5.74) is 7.06. The van der Waals surface area contributed by atoms with Gasteiger partial charge in [-0.15, -0.1) is 11.3 Å². The number of nitrogens with zero attached hydrogens (tertiary/aromatic N) is 1. The summed E-state index contributed by atoms with van der Waals surface area (Å²) in [6.45, 7) is 10.3. The number of carbonyl (C=O) groups excluding carboxylic acids is 3. The molecule has 0 unspecified atom stereocenters. The molecule has 4 N–H and O–H groups in total. The molecular weight excluding hydrogens is 542 g/mol. The summed E-state index contributed by atoms with van der Waals surface area (Å²) in [6.07, 6.45) is 5.56. The number of Topliss-reactive ketones (excluding diaryl/α,β-unsaturated/α-hetero) is 1. The Morgan fingerprint density at radius 1 is 1.29 bits per heavy atom. The van der Waals surface area contributed by atoms with Crippen LogP contribution in [0.15, 0.2) is 11.0 Å². The number of epoxide rings is 1. The zero-order valence-corrected chi connectivity index (χ0v) is 26.1. The van der Waals surface area contributed by atoms with Crippen LogP contribution in [0.5, 0.6) is 0 Å². The first-order chi connectivity index (χ1) is 19.4. The van der Waals surface area contributed by atoms with E-state index < -0.39 is 24.1 Å². The van der Waals surface area contributed by atoms with Crippen molar-refractivity contribution in [3.63, 3.8) is 0 Å². The Kier molecular flexibility index (Phi) is 12.5. The molecule has 0 bridgehead atoms. The number of ether oxygens (including phenoxy) is 2. The van der Waals surface area contributed by atoms with E-state index in [1.807, 2.05) is 32.2 Å². The average molecular weight is 592 g/mol. The van der Waals surface area contributed by atoms with E-state index in [9.17, 15) is 19.5 Å². The average Bonchev–Trinajstić information content (AvgIpc) is 3.35. The number of esters is 1. The zero-order valence-electron chi connectivity index (χ0n) is 25.3. The van der Waals surface area contributed by atoms with Crippen molar-refractivity contribution >= 4 is 35.1 Å². The van der Waals surface area contributed by atoms with E-state index in [2.05, 4.69) is 17.2 Å². The molecule has 2 aliphatic heterocycles. The van der Waals surface area contributed by atoms with Gasteiger partial charge in [-0.2, -0.15) is 0 Å². The number of aliphatic hydroxyl groups excluding tert-OH is 1. The summed E-state index contributed by atoms with van der Waals surface area (Å²) in [4.78, 5) is 43.8. The van der Waals surface area contributed by atoms with Gasteiger partial charge in [0, 0.05) is 30.6 Å². The minimum Gasteiger partial charge on any atom is -0.461 e. The summed E-state index contributed by atoms with van der Waals surface area (Å²) in [7, 11) is 0. The molecule has 1 aromatic heterocycles. The lowest BCUT2D eigenvalue weighted by molar-refractivity contribution is -0.152. The molecule has 2 fully saturated rings. The SMILES string of the molecule is CC(=Cc1csc(C)n1)[C@@H]1C[C@@H]2O[C@]2(C)CCC[C@H](C)[C@H](O)[C@@H](C)C(=O)C[C@@H](OC(=O)CCCCCN)CC(=O)N1. The molecule has 41 heavy (non-hydrogen) atoms. The van der Waals surface area contributed by atoms with Gasteiger partial charge in [-0.25, -0.2) is 4.98 Å². The highest BCUT2D eigenvalue weighted by molar-refractivity contribution is 7.09. The zero-order chi connectivity index (χ0) is 30.2. The molecule has 10 heteroatoms. The maximum Gasteiger partial charge on any atom is 0.306 e. The summed E-state index contributed by atoms with van der Waals surface area (Å²) < 4.78 is 11.8. The molecule has 3 heterocycles. The maximum atomic E-state index is 13.4. The van der Waals surface area contributed by atoms with E-state index in [1.165, 1.54) is 0 Å². The lowest BCUT2D eigenvalue weighted by Crippen LogP contribution is -2.41. The molecule has 0 saturated carbocycles. The number of rotatable bonds is 8. The fraction of sp³-hybridized carbons (Fsp3) is 0.742. The number of hydrogen-bond acceptors (Lipinski definition) is 9. The van der Waals surface area contributed by atoms with E-state index in [4.69, 9.17) is 15.2 Å². The number of amides is 1. The minimum atomic E-state index is -0.907. The molecule has 0 aliphatic carbocycles. The number of hydrogen-bond donors (Lipinski definition) is 3. The van der Waals surface area contributed by atoms with Crippen molar-refractivity contribution in [1.29, 1.82) is 0 Å². The summed E-state index contributed by atoms with van der Waals surface area (Å²) in [5, 5.41) is 17.0. The standard InChI is InChI=1S/C31H49N3O6S/c1-19-10-9-12-31(5)27(40-31)17-25(20(2)14-23-18-41-22(4)33-23)34-28(36)16-24(15-26(35)21(3)30(19)38)39-29(37)11-7-6-8-13-32/h14,18-19,21,24-25,27,30,38H,6-13,15-17,32H2,1-5H3,(H,34,36)/t19-,21-,24+,25-,27-,30-,31+/m0/s1. The Labute approximate surface area is 248 Å². The molecule has 0 spiro atoms. The van der Waals surface area contributed by atoms with E-state index >= 15 is 0 Å². The van der Waals surface area contributed by atoms with Crippen LogP contribution < -0.4 is 11.1 Å². The molecule has 2 aliphatic rings. The molecule has 1 amide bonds. The van der Waals surface area contributed by atoms with Crippen LogP contribution in [0.25, 0.3) is 6.08 Å². The van der Waals surface area contributed by atoms with Crippen molar-refractivity contribution < 1.29 is 29.0 Å². The van der Waals surface area contributed by atoms with Crippen LogP contribution in [-0.4, -0.2) is 64.2 Å². The molecular formula is C31H49N3O6S. The largest absolute Gasteiger partial charge is 0.461 e. The van der Waals surface area contributed by atoms with Gasteiger partial charge in [0.05, 0.1) is 41.0 Å². The second kappa shape index (κ2) is 15.4. The maximum absolute atomic E-state index is 13.4. The fourth-order valence-electron chi connectivity index (χ4n) is 5.65. The quantitative estimate of drug-likeness (QED) is 0.228. The van der Waals surface area contributed by atoms with Crippen LogP contribution in [0.2, 0.25) is 0 Å². The van der Waals surface area contributed by atoms with E-state index in [1.54, 1.807) is 18.3 Å². The number of nitrogens with two attached hydrogens (primary N) is 1. The van der Waals surface area contributed by atoms with Gasteiger partial charge in [-0.3, -0.25) is 14.4 Å². The van der Waals surface area contributed by atoms with Crippen molar-refractivity contribution in [2.24, 2.45) is 17.6 Å². The number of ketones is 1. The van der Waals surface area contributed by atoms with Crippen LogP contribution in [0, 0.1) is 18.8 Å². The monoisotopic (exact) mass is 591 g/mol. The van der Waals surface area contributed by atoms with Crippen molar-refractivity contribution in [3.05, 3.63) is 21.7 Å². The van der Waals surface area contributed by atoms with E-state index in [-0.39, 0.29) is 54.6 Å². The van der Waals surface area contributed by atoms with Crippen molar-refractivity contribution in [1.82, 2.24) is 10.3 Å². The molecule has 0 radical (unpaired) electrons. The smallest absolute Gasteiger partial charge is 0.306 e. The lowest BCUT2D eigenvalue weighted by atomic mass is 9.84. The number of thiazole rings is 1. The topological polar surface area (TPSA) is 144 Å². The number of fused-ring (bicyclic) bond motifs is 1. The molecule has 0 aromatic carbocycles. The predicted octanol–water partition coefficient (Wildman–Crippen LogP) is 4.48. The molecule has 230 valence electrons. The first kappa shape index (κ1) is 33.4. The third-order valence-corrected chi connectivity index (χ3v) is 9.33. The van der Waals surface area contributed by atoms with Crippen molar-refractivity contribution in [2.45, 2.75) is 129 Å². The Bertz CT molecular complexity index is 1070. The second-order valence-corrected chi connectivity index (χ2v) is 13.3. The van der Waals surface area contributed by atoms with Gasteiger partial charge in [-0.05, 0) is 70.6 Å². The Morgan fingerprint density at radius 3 is 2.73 bits per heavy atom. The normalized spacial score (nSPS) is 32.2. The van der Waals surface area contributed by atoms with Gasteiger partial charge >= 0.3 is 5.97 Å². The summed E-state index contributed by atoms with van der Waals surface area (Å²) in [6, 6.07) is -0.299. The van der Waals surface area contributed by atoms with E-state index in [0.29, 0.717) is 19.4 Å². The van der Waals surface area contributed by atoms with Gasteiger partial charge in [0.2, 0.25) is 5.91 Å². The van der Waals surface area contributed by atoms with Crippen LogP contribution >= 0.6 is 11.3 Å². The number of carbonyl (C=O) groups is 3. The van der Waals surface area contributed by atoms with Crippen LogP contribution in [0.1, 0.15) is 103 Å². The third-order valence-electron chi connectivity index (χ3n) is 8.54. The molecule has 2 saturated heterocycles. The first-order valence-electron chi connectivity index (χ1n) is 15.1. The van der Waals surface area contributed by atoms with Gasteiger partial charge in [0.25, 0.3) is 0 Å². The Morgan fingerprint density at radius 2 is 2.05 bits per heavy atom. The van der Waals surface area contributed by atoms with Crippen molar-refractivity contribution in [3.8, 4) is 0 Å². The van der Waals surface area contributed by atoms with Crippen LogP contribution in [0.4, 0.5) is 0 Å². The van der Waals surface area contributed by atoms with Gasteiger partial charge in [-0.1, -0.05) is 26.7 Å². The lowest BCUT2D eigenvalue weighted by Gasteiger charge is -2.27. The summed E-state index contributed by atoms with van der Waals surface area (Å²) in [5.74, 6) is -1.66. The number of aliphatic hydroxyl groups is 1. The van der Waals surface area contributed by atoms with Gasteiger partial charge in [0.1, 0.15) is 11.9 Å². The van der Waals surface area contributed by atoms with Crippen LogP contribution in [0.3, 0.4) is 0 Å². The molecule has 3 rings (SSSR count). The van der Waals surface area contributed by atoms with Gasteiger partial charge < -0.3 is 25.6 Å². The number of aromatic nitrogens is 1. The highest BCUT2D eigenvalue weighted by atomic mass is 32.1. The van der Waals surface area contributed by atoms with Gasteiger partial charge in [0.15, 0.2) is 0 Å². The molecule has 9 nitrogen and oxygen atoms in total. The Balaban J connectivity index is 1.81. The summed E-state index contributed by atoms with van der Waals surface area (Å²) >= 11 is 1.57. The highest BCUT2D eigenvalue weighted by Crippen LogP contribution is 2.44. The highest BCUT2D eigenvalue weighted by Gasteiger charge is 2.52. The number of aryl methyl sites for hydroxylation is 1. The Hall–Kier alpha value is -2.14.